The Morgan fingerprint density at radius 2 is 1.93 bits per heavy atom. The molecule has 0 unspecified atom stereocenters. The number of unbranched alkanes of at least 4 members (excludes halogenated alkanes) is 1. The Hall–Kier alpha value is -2.88. The molecule has 9 nitrogen and oxygen atoms in total. The van der Waals surface area contributed by atoms with E-state index in [1.807, 2.05) is 19.9 Å². The molecule has 3 amide bonds. The molecule has 0 spiro atoms. The van der Waals surface area contributed by atoms with Crippen LogP contribution < -0.4 is 27.4 Å². The lowest BCUT2D eigenvalue weighted by Gasteiger charge is -2.20. The van der Waals surface area contributed by atoms with E-state index in [1.165, 1.54) is 5.54 Å². The highest BCUT2D eigenvalue weighted by Gasteiger charge is 2.24. The van der Waals surface area contributed by atoms with Gasteiger partial charge in [-0.3, -0.25) is 14.4 Å². The summed E-state index contributed by atoms with van der Waals surface area (Å²) >= 11 is 0. The molecule has 1 aromatic carbocycles. The number of hydrogen-bond donors (Lipinski definition) is 5. The van der Waals surface area contributed by atoms with Crippen molar-refractivity contribution in [1.29, 1.82) is 0 Å². The molecular formula is C20H32FN6O3+. The maximum absolute atomic E-state index is 12.9. The number of nitrogens with zero attached hydrogens (tertiary/aromatic N) is 1. The molecule has 0 aliphatic rings. The number of primary amides is 1. The minimum absolute atomic E-state index is 0.102. The molecule has 1 aromatic rings. The third-order valence-electron chi connectivity index (χ3n) is 4.48. The number of benzene rings is 1. The summed E-state index contributed by atoms with van der Waals surface area (Å²) in [5.41, 5.74) is 13.3. The number of amides is 3. The Kier molecular flexibility index (Phi) is 11.2. The first-order chi connectivity index (χ1) is 14.3. The second-order valence-corrected chi connectivity index (χ2v) is 7.55. The summed E-state index contributed by atoms with van der Waals surface area (Å²) in [4.78, 5) is 36.0. The van der Waals surface area contributed by atoms with Gasteiger partial charge in [-0.25, -0.2) is 0 Å². The molecule has 0 aliphatic carbocycles. The molecule has 0 radical (unpaired) electrons. The molecule has 0 saturated heterocycles. The van der Waals surface area contributed by atoms with Crippen LogP contribution >= 0.6 is 0 Å². The lowest BCUT2D eigenvalue weighted by atomic mass is 10.0. The number of hydrogen-bond acceptors (Lipinski definition) is 5. The van der Waals surface area contributed by atoms with Crippen LogP contribution in [0.15, 0.2) is 29.4 Å². The highest BCUT2D eigenvalue weighted by atomic mass is 19.2. The number of rotatable bonds is 14. The molecule has 1 rings (SSSR count). The fraction of sp³-hybridized carbons (Fsp3) is 0.550. The van der Waals surface area contributed by atoms with Crippen molar-refractivity contribution in [1.82, 2.24) is 16.2 Å². The van der Waals surface area contributed by atoms with Crippen LogP contribution in [0.2, 0.25) is 0 Å². The monoisotopic (exact) mass is 423 g/mol. The van der Waals surface area contributed by atoms with E-state index in [9.17, 15) is 18.9 Å². The van der Waals surface area contributed by atoms with Crippen molar-refractivity contribution in [3.63, 3.8) is 0 Å². The van der Waals surface area contributed by atoms with Gasteiger partial charge in [0.15, 0.2) is 0 Å². The SMILES string of the molecule is CC(C)C[C@H](NF)C(=O)N[C@@H](CCCCNC(=O)c1cccc(CN=[NH2+])c1)C(N)=O. The van der Waals surface area contributed by atoms with E-state index in [2.05, 4.69) is 15.7 Å². The van der Waals surface area contributed by atoms with Gasteiger partial charge in [-0.05, 0) is 54.4 Å². The smallest absolute Gasteiger partial charge is 0.251 e. The molecule has 30 heavy (non-hydrogen) atoms. The van der Waals surface area contributed by atoms with Gasteiger partial charge in [-0.15, -0.1) is 10.0 Å². The van der Waals surface area contributed by atoms with Gasteiger partial charge < -0.3 is 16.4 Å². The predicted octanol–water partition coefficient (Wildman–Crippen LogP) is 0.157. The maximum atomic E-state index is 12.9. The summed E-state index contributed by atoms with van der Waals surface area (Å²) < 4.78 is 12.9. The third-order valence-corrected chi connectivity index (χ3v) is 4.48. The highest BCUT2D eigenvalue weighted by Crippen LogP contribution is 2.08. The summed E-state index contributed by atoms with van der Waals surface area (Å²) in [5, 5.41) is 8.84. The average Bonchev–Trinajstić information content (AvgIpc) is 2.70. The first-order valence-corrected chi connectivity index (χ1v) is 9.98. The lowest BCUT2D eigenvalue weighted by molar-refractivity contribution is -0.223. The predicted molar refractivity (Wildman–Crippen MR) is 109 cm³/mol. The van der Waals surface area contributed by atoms with Crippen molar-refractivity contribution >= 4 is 17.7 Å². The molecule has 0 aliphatic heterocycles. The van der Waals surface area contributed by atoms with Crippen LogP contribution in [0.5, 0.6) is 0 Å². The molecule has 166 valence electrons. The Morgan fingerprint density at radius 1 is 1.20 bits per heavy atom. The van der Waals surface area contributed by atoms with Crippen molar-refractivity contribution in [2.24, 2.45) is 16.8 Å². The Balaban J connectivity index is 2.43. The van der Waals surface area contributed by atoms with Gasteiger partial charge in [0, 0.05) is 12.1 Å². The number of nitrogens with two attached hydrogens (primary N) is 2. The lowest BCUT2D eigenvalue weighted by Crippen LogP contribution is -2.50. The quantitative estimate of drug-likeness (QED) is 0.164. The number of halogens is 1. The molecule has 0 aromatic heterocycles. The van der Waals surface area contributed by atoms with Crippen molar-refractivity contribution < 1.29 is 24.4 Å². The third kappa shape index (κ3) is 9.08. The minimum Gasteiger partial charge on any atom is -0.368 e. The van der Waals surface area contributed by atoms with Gasteiger partial charge >= 0.3 is 0 Å². The minimum atomic E-state index is -1.03. The fourth-order valence-electron chi connectivity index (χ4n) is 2.92. The molecule has 0 saturated carbocycles. The van der Waals surface area contributed by atoms with Crippen molar-refractivity contribution in [3.8, 4) is 0 Å². The van der Waals surface area contributed by atoms with Crippen LogP contribution in [-0.4, -0.2) is 36.3 Å². The number of carbonyl (C=O) groups is 3. The van der Waals surface area contributed by atoms with Crippen LogP contribution in [-0.2, 0) is 16.1 Å². The largest absolute Gasteiger partial charge is 0.368 e. The maximum Gasteiger partial charge on any atom is 0.251 e. The van der Waals surface area contributed by atoms with E-state index in [4.69, 9.17) is 11.3 Å². The number of nitrogens with one attached hydrogen (secondary N) is 3. The van der Waals surface area contributed by atoms with Gasteiger partial charge in [-0.1, -0.05) is 26.0 Å². The van der Waals surface area contributed by atoms with Crippen molar-refractivity contribution in [3.05, 3.63) is 35.4 Å². The summed E-state index contributed by atoms with van der Waals surface area (Å²) in [6.07, 6.45) is 1.71. The van der Waals surface area contributed by atoms with E-state index in [0.717, 1.165) is 5.56 Å². The van der Waals surface area contributed by atoms with E-state index in [0.29, 0.717) is 44.3 Å². The average molecular weight is 424 g/mol. The second-order valence-electron chi connectivity index (χ2n) is 7.55. The molecule has 0 heterocycles. The molecular weight excluding hydrogens is 391 g/mol. The van der Waals surface area contributed by atoms with Gasteiger partial charge in [0.25, 0.3) is 5.91 Å². The first-order valence-electron chi connectivity index (χ1n) is 9.98. The molecule has 0 bridgehead atoms. The standard InChI is InChI=1S/C20H31FN6O3/c1-13(2)10-17(27-21)20(30)26-16(18(22)28)8-3-4-9-24-19(29)15-7-5-6-14(11-15)12-25-23/h5-7,11,13,16-17,23,27H,3-4,8-10,12H2,1-2H3,(H2,22,28)(H,24,29)(H,26,30)/p+1/t16-,17-/m0/s1. The van der Waals surface area contributed by atoms with Gasteiger partial charge in [0.2, 0.25) is 11.8 Å². The highest BCUT2D eigenvalue weighted by molar-refractivity contribution is 5.94. The van der Waals surface area contributed by atoms with E-state index in [-0.39, 0.29) is 11.8 Å². The van der Waals surface area contributed by atoms with Crippen LogP contribution in [0.3, 0.4) is 0 Å². The summed E-state index contributed by atoms with van der Waals surface area (Å²) in [5.74, 6) is -1.41. The van der Waals surface area contributed by atoms with Crippen molar-refractivity contribution in [2.45, 2.75) is 58.2 Å². The first kappa shape index (κ1) is 25.2. The zero-order valence-corrected chi connectivity index (χ0v) is 17.5. The summed E-state index contributed by atoms with van der Waals surface area (Å²) in [6.45, 7) is 4.45. The molecule has 0 fully saturated rings. The van der Waals surface area contributed by atoms with E-state index in [1.54, 1.807) is 18.2 Å². The fourth-order valence-corrected chi connectivity index (χ4v) is 2.92. The molecule has 7 N–H and O–H groups in total. The van der Waals surface area contributed by atoms with Gasteiger partial charge in [-0.2, -0.15) is 5.53 Å². The summed E-state index contributed by atoms with van der Waals surface area (Å²) in [6, 6.07) is 5.07. The van der Waals surface area contributed by atoms with Gasteiger partial charge in [0.05, 0.1) is 0 Å². The van der Waals surface area contributed by atoms with Gasteiger partial charge in [0.1, 0.15) is 18.6 Å². The Labute approximate surface area is 175 Å². The second kappa shape index (κ2) is 13.4. The van der Waals surface area contributed by atoms with Crippen LogP contribution in [0.1, 0.15) is 55.5 Å². The Bertz CT molecular complexity index is 728. The Morgan fingerprint density at radius 3 is 2.53 bits per heavy atom. The van der Waals surface area contributed by atoms with E-state index >= 15 is 0 Å². The number of carbonyl (C=O) groups excluding carboxylic acids is 3. The van der Waals surface area contributed by atoms with Crippen LogP contribution in [0.4, 0.5) is 4.48 Å². The molecule has 10 heteroatoms. The normalized spacial score (nSPS) is 12.8. The van der Waals surface area contributed by atoms with Crippen LogP contribution in [0.25, 0.3) is 0 Å². The molecule has 2 atom stereocenters. The zero-order chi connectivity index (χ0) is 22.5. The van der Waals surface area contributed by atoms with Crippen molar-refractivity contribution in [2.75, 3.05) is 6.54 Å². The van der Waals surface area contributed by atoms with Crippen LogP contribution in [0, 0.1) is 5.92 Å². The summed E-state index contributed by atoms with van der Waals surface area (Å²) in [7, 11) is 0. The topological polar surface area (TPSA) is 151 Å². The van der Waals surface area contributed by atoms with E-state index < -0.39 is 23.9 Å². The zero-order valence-electron chi connectivity index (χ0n) is 17.5.